The molecule has 0 atom stereocenters. The molecule has 1 heterocycles. The van der Waals surface area contributed by atoms with Gasteiger partial charge in [0.25, 0.3) is 0 Å². The molecule has 0 saturated heterocycles. The summed E-state index contributed by atoms with van der Waals surface area (Å²) in [6.07, 6.45) is 0. The highest BCUT2D eigenvalue weighted by molar-refractivity contribution is 6.05. The number of aromatic nitrogens is 1. The molecule has 6 aromatic rings. The van der Waals surface area contributed by atoms with Crippen LogP contribution in [0.15, 0.2) is 121 Å². The molecular weight excluding hydrogens is 574 g/mol. The largest absolute Gasteiger partial charge is 0.497 e. The SMILES string of the molecule is COc1ccc(-c2nc(-c3ccc(OC)cc3)c(-c3ccc(OC)cc3)c(-c3ccc(OC)cc3)c2-c2ccc(OC)cc2)cc1. The molecule has 0 unspecified atom stereocenters. The van der Waals surface area contributed by atoms with E-state index >= 15 is 0 Å². The fourth-order valence-electron chi connectivity index (χ4n) is 5.62. The lowest BCUT2D eigenvalue weighted by molar-refractivity contribution is 0.414. The van der Waals surface area contributed by atoms with Gasteiger partial charge in [0, 0.05) is 27.8 Å². The van der Waals surface area contributed by atoms with Crippen LogP contribution in [-0.4, -0.2) is 40.5 Å². The summed E-state index contributed by atoms with van der Waals surface area (Å²) in [5, 5.41) is 0. The van der Waals surface area contributed by atoms with Gasteiger partial charge in [0.05, 0.1) is 46.9 Å². The first-order valence-corrected chi connectivity index (χ1v) is 14.9. The van der Waals surface area contributed by atoms with E-state index in [0.29, 0.717) is 0 Å². The molecule has 0 spiro atoms. The van der Waals surface area contributed by atoms with Crippen molar-refractivity contribution >= 4 is 0 Å². The second-order valence-corrected chi connectivity index (χ2v) is 10.6. The van der Waals surface area contributed by atoms with E-state index < -0.39 is 0 Å². The highest BCUT2D eigenvalue weighted by Gasteiger charge is 2.25. The first-order valence-electron chi connectivity index (χ1n) is 14.9. The molecule has 5 aromatic carbocycles. The highest BCUT2D eigenvalue weighted by atomic mass is 16.5. The van der Waals surface area contributed by atoms with Gasteiger partial charge in [0.2, 0.25) is 0 Å². The number of methoxy groups -OCH3 is 5. The zero-order valence-corrected chi connectivity index (χ0v) is 26.5. The average molecular weight is 610 g/mol. The summed E-state index contributed by atoms with van der Waals surface area (Å²) >= 11 is 0. The van der Waals surface area contributed by atoms with Crippen molar-refractivity contribution in [3.05, 3.63) is 121 Å². The third-order valence-electron chi connectivity index (χ3n) is 8.06. The Balaban J connectivity index is 1.79. The summed E-state index contributed by atoms with van der Waals surface area (Å²) in [6, 6.07) is 40.5. The molecule has 6 rings (SSSR count). The minimum Gasteiger partial charge on any atom is -0.497 e. The molecule has 0 radical (unpaired) electrons. The first-order chi connectivity index (χ1) is 22.6. The molecule has 0 N–H and O–H groups in total. The monoisotopic (exact) mass is 609 g/mol. The molecule has 0 saturated carbocycles. The topological polar surface area (TPSA) is 59.0 Å². The molecule has 46 heavy (non-hydrogen) atoms. The fourth-order valence-corrected chi connectivity index (χ4v) is 5.62. The third kappa shape index (κ3) is 5.97. The van der Waals surface area contributed by atoms with Crippen LogP contribution < -0.4 is 23.7 Å². The highest BCUT2D eigenvalue weighted by Crippen LogP contribution is 2.49. The molecule has 0 amide bonds. The summed E-state index contributed by atoms with van der Waals surface area (Å²) < 4.78 is 27.6. The van der Waals surface area contributed by atoms with Gasteiger partial charge < -0.3 is 23.7 Å². The van der Waals surface area contributed by atoms with Gasteiger partial charge >= 0.3 is 0 Å². The van der Waals surface area contributed by atoms with Gasteiger partial charge in [0.1, 0.15) is 28.7 Å². The van der Waals surface area contributed by atoms with Crippen LogP contribution in [0.2, 0.25) is 0 Å². The molecule has 0 aliphatic carbocycles. The van der Waals surface area contributed by atoms with E-state index in [0.717, 1.165) is 84.6 Å². The van der Waals surface area contributed by atoms with Gasteiger partial charge in [0.15, 0.2) is 0 Å². The Bertz CT molecular complexity index is 1800. The Hall–Kier alpha value is -5.75. The van der Waals surface area contributed by atoms with Crippen LogP contribution in [-0.2, 0) is 0 Å². The molecule has 6 nitrogen and oxygen atoms in total. The fraction of sp³-hybridized carbons (Fsp3) is 0.125. The molecule has 0 fully saturated rings. The van der Waals surface area contributed by atoms with Gasteiger partial charge in [-0.25, -0.2) is 4.98 Å². The average Bonchev–Trinajstić information content (AvgIpc) is 3.14. The minimum atomic E-state index is 0.773. The second kappa shape index (κ2) is 13.5. The smallest absolute Gasteiger partial charge is 0.118 e. The quantitative estimate of drug-likeness (QED) is 0.154. The van der Waals surface area contributed by atoms with Crippen molar-refractivity contribution in [1.82, 2.24) is 4.98 Å². The summed E-state index contributed by atoms with van der Waals surface area (Å²) in [5.41, 5.74) is 9.61. The Kier molecular flexibility index (Phi) is 8.88. The van der Waals surface area contributed by atoms with Crippen LogP contribution in [0.1, 0.15) is 0 Å². The number of hydrogen-bond acceptors (Lipinski definition) is 6. The van der Waals surface area contributed by atoms with Crippen LogP contribution >= 0.6 is 0 Å². The number of benzene rings is 5. The van der Waals surface area contributed by atoms with Crippen LogP contribution in [0, 0.1) is 0 Å². The molecule has 6 heteroatoms. The number of hydrogen-bond donors (Lipinski definition) is 0. The van der Waals surface area contributed by atoms with Gasteiger partial charge in [-0.2, -0.15) is 0 Å². The van der Waals surface area contributed by atoms with Gasteiger partial charge in [-0.3, -0.25) is 0 Å². The Labute approximate surface area is 269 Å². The summed E-state index contributed by atoms with van der Waals surface area (Å²) in [5.74, 6) is 3.88. The minimum absolute atomic E-state index is 0.773. The van der Waals surface area contributed by atoms with Crippen LogP contribution in [0.25, 0.3) is 55.9 Å². The molecule has 0 aliphatic heterocycles. The van der Waals surface area contributed by atoms with Gasteiger partial charge in [-0.15, -0.1) is 0 Å². The lowest BCUT2D eigenvalue weighted by atomic mass is 9.83. The normalized spacial score (nSPS) is 10.7. The van der Waals surface area contributed by atoms with Crippen molar-refractivity contribution in [1.29, 1.82) is 0 Å². The molecular formula is C40H35NO5. The maximum atomic E-state index is 5.55. The zero-order valence-electron chi connectivity index (χ0n) is 26.5. The predicted octanol–water partition coefficient (Wildman–Crippen LogP) is 9.46. The molecule has 0 aliphatic rings. The molecule has 1 aromatic heterocycles. The third-order valence-corrected chi connectivity index (χ3v) is 8.06. The van der Waals surface area contributed by atoms with Crippen LogP contribution in [0.4, 0.5) is 0 Å². The maximum Gasteiger partial charge on any atom is 0.118 e. The molecule has 230 valence electrons. The number of rotatable bonds is 10. The number of ether oxygens (including phenoxy) is 5. The van der Waals surface area contributed by atoms with Gasteiger partial charge in [-0.05, 0) is 102 Å². The second-order valence-electron chi connectivity index (χ2n) is 10.6. The summed E-state index contributed by atoms with van der Waals surface area (Å²) in [4.78, 5) is 5.51. The van der Waals surface area contributed by atoms with E-state index in [1.807, 2.05) is 60.7 Å². The molecule has 0 bridgehead atoms. The van der Waals surface area contributed by atoms with Crippen molar-refractivity contribution in [2.45, 2.75) is 0 Å². The number of pyridine rings is 1. The van der Waals surface area contributed by atoms with Gasteiger partial charge in [-0.1, -0.05) is 36.4 Å². The Morgan fingerprint density at radius 1 is 0.283 bits per heavy atom. The van der Waals surface area contributed by atoms with E-state index in [4.69, 9.17) is 28.7 Å². The van der Waals surface area contributed by atoms with E-state index in [1.54, 1.807) is 35.5 Å². The van der Waals surface area contributed by atoms with Crippen molar-refractivity contribution in [3.63, 3.8) is 0 Å². The maximum absolute atomic E-state index is 5.55. The van der Waals surface area contributed by atoms with Crippen molar-refractivity contribution in [2.75, 3.05) is 35.5 Å². The summed E-state index contributed by atoms with van der Waals surface area (Å²) in [7, 11) is 8.37. The van der Waals surface area contributed by atoms with Crippen LogP contribution in [0.5, 0.6) is 28.7 Å². The van der Waals surface area contributed by atoms with E-state index in [1.165, 1.54) is 0 Å². The van der Waals surface area contributed by atoms with E-state index in [-0.39, 0.29) is 0 Å². The van der Waals surface area contributed by atoms with E-state index in [9.17, 15) is 0 Å². The van der Waals surface area contributed by atoms with Crippen LogP contribution in [0.3, 0.4) is 0 Å². The lowest BCUT2D eigenvalue weighted by Crippen LogP contribution is -2.02. The summed E-state index contributed by atoms with van der Waals surface area (Å²) in [6.45, 7) is 0. The van der Waals surface area contributed by atoms with E-state index in [2.05, 4.69) is 60.7 Å². The van der Waals surface area contributed by atoms with Crippen molar-refractivity contribution in [2.24, 2.45) is 0 Å². The van der Waals surface area contributed by atoms with Crippen molar-refractivity contribution in [3.8, 4) is 84.6 Å². The Morgan fingerprint density at radius 3 is 0.739 bits per heavy atom. The first kappa shape index (κ1) is 30.3. The number of nitrogens with zero attached hydrogens (tertiary/aromatic N) is 1. The standard InChI is InChI=1S/C40H35NO5/c1-42-31-16-6-26(7-17-31)36-37(27-8-18-32(43-2)19-9-27)39(29-12-22-34(45-4)23-13-29)41-40(30-14-24-35(46-5)25-15-30)38(36)28-10-20-33(44-3)21-11-28/h6-25H,1-5H3. The predicted molar refractivity (Wildman–Crippen MR) is 184 cm³/mol. The zero-order chi connectivity index (χ0) is 32.0. The lowest BCUT2D eigenvalue weighted by Gasteiger charge is -2.24. The van der Waals surface area contributed by atoms with Crippen molar-refractivity contribution < 1.29 is 23.7 Å². The Morgan fingerprint density at radius 2 is 0.500 bits per heavy atom.